The van der Waals surface area contributed by atoms with Crippen LogP contribution in [0, 0.1) is 0 Å². The maximum absolute atomic E-state index is 6.11. The molecule has 6 heteroatoms. The highest BCUT2D eigenvalue weighted by atomic mass is 16.7. The summed E-state index contributed by atoms with van der Waals surface area (Å²) >= 11 is 0. The summed E-state index contributed by atoms with van der Waals surface area (Å²) in [6.45, 7) is 13.6. The van der Waals surface area contributed by atoms with Crippen LogP contribution in [-0.4, -0.2) is 44.9 Å². The Morgan fingerprint density at radius 2 is 0.795 bits per heavy atom. The molecule has 2 saturated heterocycles. The Morgan fingerprint density at radius 3 is 1.07 bits per heavy atom. The molecule has 0 saturated carbocycles. The monoisotopic (exact) mass is 594 g/mol. The maximum Gasteiger partial charge on any atom is 0.238 e. The molecule has 0 bridgehead atoms. The SMILES string of the molecule is CC(Oc1ccc(C(C)(C)c2ccc(OCC3CO3)cc2)cc1)Oc1ccc(C(C)(C)c2ccc(OCC3CO3)cc2)cc1. The van der Waals surface area contributed by atoms with Gasteiger partial charge in [-0.2, -0.15) is 0 Å². The second-order valence-corrected chi connectivity index (χ2v) is 12.7. The molecule has 6 rings (SSSR count). The Kier molecular flexibility index (Phi) is 8.57. The first kappa shape index (κ1) is 30.0. The van der Waals surface area contributed by atoms with Crippen LogP contribution in [0.2, 0.25) is 0 Å². The molecule has 0 aromatic heterocycles. The summed E-state index contributed by atoms with van der Waals surface area (Å²) in [5, 5.41) is 0. The average molecular weight is 595 g/mol. The molecule has 44 heavy (non-hydrogen) atoms. The molecular formula is C38H42O6. The van der Waals surface area contributed by atoms with E-state index in [1.54, 1.807) is 0 Å². The van der Waals surface area contributed by atoms with Crippen molar-refractivity contribution in [1.82, 2.24) is 0 Å². The predicted octanol–water partition coefficient (Wildman–Crippen LogP) is 7.70. The molecule has 2 unspecified atom stereocenters. The molecule has 0 amide bonds. The third-order valence-corrected chi connectivity index (χ3v) is 8.58. The fourth-order valence-electron chi connectivity index (χ4n) is 5.28. The lowest BCUT2D eigenvalue weighted by Crippen LogP contribution is -2.21. The topological polar surface area (TPSA) is 62.0 Å². The van der Waals surface area contributed by atoms with Gasteiger partial charge < -0.3 is 28.4 Å². The Balaban J connectivity index is 1.02. The van der Waals surface area contributed by atoms with Crippen LogP contribution in [0.25, 0.3) is 0 Å². The van der Waals surface area contributed by atoms with E-state index >= 15 is 0 Å². The second kappa shape index (κ2) is 12.5. The van der Waals surface area contributed by atoms with Crippen LogP contribution >= 0.6 is 0 Å². The van der Waals surface area contributed by atoms with E-state index in [-0.39, 0.29) is 23.0 Å². The summed E-state index contributed by atoms with van der Waals surface area (Å²) in [4.78, 5) is 0. The van der Waals surface area contributed by atoms with E-state index in [4.69, 9.17) is 28.4 Å². The van der Waals surface area contributed by atoms with E-state index in [0.717, 1.165) is 36.2 Å². The molecule has 0 radical (unpaired) electrons. The van der Waals surface area contributed by atoms with Gasteiger partial charge in [-0.15, -0.1) is 0 Å². The lowest BCUT2D eigenvalue weighted by Gasteiger charge is -2.27. The molecule has 0 aliphatic carbocycles. The van der Waals surface area contributed by atoms with Crippen LogP contribution in [0.4, 0.5) is 0 Å². The summed E-state index contributed by atoms with van der Waals surface area (Å²) in [7, 11) is 0. The molecule has 2 aliphatic rings. The van der Waals surface area contributed by atoms with Crippen molar-refractivity contribution in [1.29, 1.82) is 0 Å². The van der Waals surface area contributed by atoms with Gasteiger partial charge in [0.05, 0.1) is 13.2 Å². The maximum atomic E-state index is 6.11. The van der Waals surface area contributed by atoms with E-state index in [2.05, 4.69) is 76.2 Å². The zero-order chi connectivity index (χ0) is 30.7. The third kappa shape index (κ3) is 7.37. The molecule has 230 valence electrons. The minimum absolute atomic E-state index is 0.171. The number of hydrogen-bond acceptors (Lipinski definition) is 6. The Hall–Kier alpha value is -4.00. The van der Waals surface area contributed by atoms with Gasteiger partial charge in [0.15, 0.2) is 0 Å². The zero-order valence-corrected chi connectivity index (χ0v) is 26.2. The van der Waals surface area contributed by atoms with Crippen molar-refractivity contribution >= 4 is 0 Å². The summed E-state index contributed by atoms with van der Waals surface area (Å²) in [6.07, 6.45) is 0.0531. The summed E-state index contributed by atoms with van der Waals surface area (Å²) < 4.78 is 34.2. The van der Waals surface area contributed by atoms with Gasteiger partial charge in [0, 0.05) is 17.8 Å². The first-order valence-electron chi connectivity index (χ1n) is 15.4. The molecule has 2 aliphatic heterocycles. The highest BCUT2D eigenvalue weighted by Gasteiger charge is 2.26. The third-order valence-electron chi connectivity index (χ3n) is 8.58. The van der Waals surface area contributed by atoms with Gasteiger partial charge >= 0.3 is 0 Å². The highest BCUT2D eigenvalue weighted by molar-refractivity contribution is 5.43. The predicted molar refractivity (Wildman–Crippen MR) is 171 cm³/mol. The van der Waals surface area contributed by atoms with Crippen molar-refractivity contribution in [3.8, 4) is 23.0 Å². The molecule has 2 heterocycles. The lowest BCUT2D eigenvalue weighted by atomic mass is 9.78. The summed E-state index contributed by atoms with van der Waals surface area (Å²) in [5.41, 5.74) is 4.49. The van der Waals surface area contributed by atoms with E-state index in [1.165, 1.54) is 22.3 Å². The van der Waals surface area contributed by atoms with Crippen molar-refractivity contribution in [2.45, 2.75) is 63.9 Å². The molecule has 0 N–H and O–H groups in total. The van der Waals surface area contributed by atoms with Crippen LogP contribution in [0.5, 0.6) is 23.0 Å². The van der Waals surface area contributed by atoms with Gasteiger partial charge in [-0.05, 0) is 70.8 Å². The standard InChI is InChI=1S/C38H42O6/c1-26(43-33-18-10-29(11-19-33)37(2,3)27-6-14-31(15-7-27)39-22-35-24-41-35)44-34-20-12-30(13-21-34)38(4,5)28-8-16-32(17-9-28)40-23-36-25-42-36/h6-21,26,35-36H,22-25H2,1-5H3. The van der Waals surface area contributed by atoms with Crippen LogP contribution in [0.1, 0.15) is 56.9 Å². The molecule has 0 spiro atoms. The van der Waals surface area contributed by atoms with E-state index < -0.39 is 6.29 Å². The Morgan fingerprint density at radius 1 is 0.523 bits per heavy atom. The van der Waals surface area contributed by atoms with E-state index in [9.17, 15) is 0 Å². The van der Waals surface area contributed by atoms with E-state index in [1.807, 2.05) is 55.5 Å². The fraction of sp³-hybridized carbons (Fsp3) is 0.368. The average Bonchev–Trinajstić information content (AvgIpc) is 3.96. The van der Waals surface area contributed by atoms with Crippen molar-refractivity contribution in [3.63, 3.8) is 0 Å². The summed E-state index contributed by atoms with van der Waals surface area (Å²) in [5.74, 6) is 3.26. The quantitative estimate of drug-likeness (QED) is 0.110. The van der Waals surface area contributed by atoms with Crippen LogP contribution < -0.4 is 18.9 Å². The van der Waals surface area contributed by atoms with Gasteiger partial charge in [0.1, 0.15) is 48.4 Å². The molecule has 4 aromatic carbocycles. The number of rotatable bonds is 14. The first-order chi connectivity index (χ1) is 21.2. The molecule has 2 fully saturated rings. The lowest BCUT2D eigenvalue weighted by molar-refractivity contribution is 0.0223. The van der Waals surface area contributed by atoms with E-state index in [0.29, 0.717) is 13.2 Å². The van der Waals surface area contributed by atoms with Crippen molar-refractivity contribution in [2.75, 3.05) is 26.4 Å². The largest absolute Gasteiger partial charge is 0.491 e. The van der Waals surface area contributed by atoms with Crippen molar-refractivity contribution in [2.24, 2.45) is 0 Å². The Bertz CT molecular complexity index is 1380. The van der Waals surface area contributed by atoms with Gasteiger partial charge in [-0.25, -0.2) is 0 Å². The smallest absolute Gasteiger partial charge is 0.238 e. The molecular weight excluding hydrogens is 552 g/mol. The van der Waals surface area contributed by atoms with Gasteiger partial charge in [0.2, 0.25) is 6.29 Å². The van der Waals surface area contributed by atoms with Gasteiger partial charge in [0.25, 0.3) is 0 Å². The Labute approximate surface area is 260 Å². The molecule has 4 aromatic rings. The second-order valence-electron chi connectivity index (χ2n) is 12.7. The van der Waals surface area contributed by atoms with Gasteiger partial charge in [-0.3, -0.25) is 0 Å². The molecule has 6 nitrogen and oxygen atoms in total. The normalized spacial score (nSPS) is 18.3. The number of epoxide rings is 2. The number of benzene rings is 4. The molecule has 2 atom stereocenters. The number of ether oxygens (including phenoxy) is 6. The number of hydrogen-bond donors (Lipinski definition) is 0. The highest BCUT2D eigenvalue weighted by Crippen LogP contribution is 2.35. The van der Waals surface area contributed by atoms with Crippen molar-refractivity contribution in [3.05, 3.63) is 119 Å². The van der Waals surface area contributed by atoms with Crippen LogP contribution in [-0.2, 0) is 20.3 Å². The van der Waals surface area contributed by atoms with Gasteiger partial charge in [-0.1, -0.05) is 76.2 Å². The first-order valence-corrected chi connectivity index (χ1v) is 15.4. The fourth-order valence-corrected chi connectivity index (χ4v) is 5.28. The van der Waals surface area contributed by atoms with Crippen LogP contribution in [0.15, 0.2) is 97.1 Å². The summed E-state index contributed by atoms with van der Waals surface area (Å²) in [6, 6.07) is 33.2. The zero-order valence-electron chi connectivity index (χ0n) is 26.2. The minimum Gasteiger partial charge on any atom is -0.491 e. The minimum atomic E-state index is -0.449. The van der Waals surface area contributed by atoms with Crippen molar-refractivity contribution < 1.29 is 28.4 Å². The van der Waals surface area contributed by atoms with Crippen LogP contribution in [0.3, 0.4) is 0 Å².